The normalized spacial score (nSPS) is 20.6. The number of carbonyl (C=O) groups is 1. The molecule has 1 amide bonds. The van der Waals surface area contributed by atoms with Crippen LogP contribution in [0, 0.1) is 5.92 Å². The Balaban J connectivity index is 1.52. The number of carbonyl (C=O) groups excluding carboxylic acids is 1. The first kappa shape index (κ1) is 14.9. The van der Waals surface area contributed by atoms with E-state index in [0.29, 0.717) is 26.3 Å². The van der Waals surface area contributed by atoms with Gasteiger partial charge in [-0.3, -0.25) is 4.79 Å². The Morgan fingerprint density at radius 2 is 1.91 bits per heavy atom. The maximum absolute atomic E-state index is 12.5. The molecule has 0 unspecified atom stereocenters. The van der Waals surface area contributed by atoms with Crippen molar-refractivity contribution in [1.82, 2.24) is 4.90 Å². The Morgan fingerprint density at radius 3 is 2.61 bits per heavy atom. The van der Waals surface area contributed by atoms with E-state index in [1.165, 1.54) is 28.8 Å². The van der Waals surface area contributed by atoms with Crippen molar-refractivity contribution in [3.05, 3.63) is 46.3 Å². The smallest absolute Gasteiger partial charge is 0.254 e. The van der Waals surface area contributed by atoms with Gasteiger partial charge in [0.1, 0.15) is 0 Å². The third kappa shape index (κ3) is 2.93. The summed E-state index contributed by atoms with van der Waals surface area (Å²) in [6, 6.07) is 10.4. The van der Waals surface area contributed by atoms with Crippen molar-refractivity contribution in [1.29, 1.82) is 0 Å². The predicted octanol–water partition coefficient (Wildman–Crippen LogP) is 3.62. The molecule has 0 bridgehead atoms. The second kappa shape index (κ2) is 6.10. The summed E-state index contributed by atoms with van der Waals surface area (Å²) >= 11 is 1.91. The van der Waals surface area contributed by atoms with E-state index in [2.05, 4.69) is 25.1 Å². The highest BCUT2D eigenvalue weighted by Gasteiger charge is 2.22. The summed E-state index contributed by atoms with van der Waals surface area (Å²) in [5.41, 5.74) is 3.51. The first-order valence-electron chi connectivity index (χ1n) is 8.30. The van der Waals surface area contributed by atoms with E-state index in [1.54, 1.807) is 4.88 Å². The number of nitrogens with zero attached hydrogens (tertiary/aromatic N) is 1. The number of amides is 1. The van der Waals surface area contributed by atoms with Crippen molar-refractivity contribution in [3.8, 4) is 10.4 Å². The van der Waals surface area contributed by atoms with E-state index in [9.17, 15) is 4.79 Å². The summed E-state index contributed by atoms with van der Waals surface area (Å²) in [5, 5.41) is 0. The highest BCUT2D eigenvalue weighted by molar-refractivity contribution is 7.15. The largest absolute Gasteiger partial charge is 0.378 e. The molecule has 1 aliphatic heterocycles. The van der Waals surface area contributed by atoms with Gasteiger partial charge in [0.25, 0.3) is 5.91 Å². The lowest BCUT2D eigenvalue weighted by Gasteiger charge is -2.26. The number of thiophene rings is 1. The fraction of sp³-hybridized carbons (Fsp3) is 0.421. The molecule has 0 N–H and O–H groups in total. The Hall–Kier alpha value is -1.65. The lowest BCUT2D eigenvalue weighted by molar-refractivity contribution is 0.0303. The highest BCUT2D eigenvalue weighted by atomic mass is 32.1. The summed E-state index contributed by atoms with van der Waals surface area (Å²) < 4.78 is 5.31. The average molecular weight is 327 g/mol. The molecular formula is C19H21NO2S. The number of hydrogen-bond donors (Lipinski definition) is 0. The molecule has 0 saturated carbocycles. The van der Waals surface area contributed by atoms with E-state index >= 15 is 0 Å². The van der Waals surface area contributed by atoms with Gasteiger partial charge in [0.05, 0.1) is 13.2 Å². The van der Waals surface area contributed by atoms with Crippen LogP contribution in [0.4, 0.5) is 0 Å². The number of fused-ring (bicyclic) bond motifs is 1. The molecule has 1 aromatic heterocycles. The van der Waals surface area contributed by atoms with Crippen LogP contribution < -0.4 is 0 Å². The van der Waals surface area contributed by atoms with Crippen molar-refractivity contribution in [3.63, 3.8) is 0 Å². The van der Waals surface area contributed by atoms with Crippen LogP contribution in [0.2, 0.25) is 0 Å². The summed E-state index contributed by atoms with van der Waals surface area (Å²) in [7, 11) is 0. The monoisotopic (exact) mass is 327 g/mol. The standard InChI is InChI=1S/C19H21NO2S/c1-13-10-16-12-18(23-17(16)11-13)14-2-4-15(5-3-14)19(21)20-6-8-22-9-7-20/h2-5,12-13H,6-11H2,1H3/t13-/m0/s1. The molecule has 1 atom stereocenters. The Morgan fingerprint density at radius 1 is 1.17 bits per heavy atom. The molecule has 1 aliphatic carbocycles. The SMILES string of the molecule is C[C@H]1Cc2cc(-c3ccc(C(=O)N4CCOCC4)cc3)sc2C1. The van der Waals surface area contributed by atoms with Gasteiger partial charge in [-0.25, -0.2) is 0 Å². The molecule has 120 valence electrons. The lowest BCUT2D eigenvalue weighted by atomic mass is 10.1. The molecule has 1 aromatic carbocycles. The maximum Gasteiger partial charge on any atom is 0.254 e. The molecule has 0 spiro atoms. The van der Waals surface area contributed by atoms with Gasteiger partial charge < -0.3 is 9.64 Å². The van der Waals surface area contributed by atoms with E-state index in [1.807, 2.05) is 28.4 Å². The minimum atomic E-state index is 0.113. The second-order valence-corrected chi connectivity index (χ2v) is 7.69. The van der Waals surface area contributed by atoms with Crippen LogP contribution in [0.15, 0.2) is 30.3 Å². The van der Waals surface area contributed by atoms with Crippen molar-refractivity contribution in [2.75, 3.05) is 26.3 Å². The van der Waals surface area contributed by atoms with E-state index in [4.69, 9.17) is 4.74 Å². The van der Waals surface area contributed by atoms with Crippen molar-refractivity contribution < 1.29 is 9.53 Å². The summed E-state index contributed by atoms with van der Waals surface area (Å²) in [6.45, 7) is 4.98. The van der Waals surface area contributed by atoms with Gasteiger partial charge in [0, 0.05) is 28.4 Å². The Bertz CT molecular complexity index is 690. The van der Waals surface area contributed by atoms with Crippen molar-refractivity contribution in [2.45, 2.75) is 19.8 Å². The molecule has 2 aromatic rings. The zero-order valence-electron chi connectivity index (χ0n) is 13.4. The van der Waals surface area contributed by atoms with Gasteiger partial charge in [-0.1, -0.05) is 19.1 Å². The number of hydrogen-bond acceptors (Lipinski definition) is 3. The molecular weight excluding hydrogens is 306 g/mol. The number of benzene rings is 1. The summed E-state index contributed by atoms with van der Waals surface area (Å²) in [6.07, 6.45) is 2.42. The quantitative estimate of drug-likeness (QED) is 0.843. The van der Waals surface area contributed by atoms with Crippen LogP contribution in [0.25, 0.3) is 10.4 Å². The van der Waals surface area contributed by atoms with E-state index < -0.39 is 0 Å². The van der Waals surface area contributed by atoms with Gasteiger partial charge in [0.15, 0.2) is 0 Å². The zero-order chi connectivity index (χ0) is 15.8. The molecule has 1 fully saturated rings. The average Bonchev–Trinajstić information content (AvgIpc) is 3.12. The molecule has 23 heavy (non-hydrogen) atoms. The Labute approximate surface area is 140 Å². The number of ether oxygens (including phenoxy) is 1. The second-order valence-electron chi connectivity index (χ2n) is 6.55. The lowest BCUT2D eigenvalue weighted by Crippen LogP contribution is -2.40. The zero-order valence-corrected chi connectivity index (χ0v) is 14.2. The van der Waals surface area contributed by atoms with Gasteiger partial charge in [0.2, 0.25) is 0 Å². The third-order valence-corrected chi connectivity index (χ3v) is 5.96. The van der Waals surface area contributed by atoms with Crippen LogP contribution in [0.3, 0.4) is 0 Å². The van der Waals surface area contributed by atoms with Crippen molar-refractivity contribution in [2.24, 2.45) is 5.92 Å². The van der Waals surface area contributed by atoms with Gasteiger partial charge >= 0.3 is 0 Å². The summed E-state index contributed by atoms with van der Waals surface area (Å²) in [4.78, 5) is 17.2. The van der Waals surface area contributed by atoms with E-state index in [-0.39, 0.29) is 5.91 Å². The van der Waals surface area contributed by atoms with E-state index in [0.717, 1.165) is 11.5 Å². The molecule has 4 rings (SSSR count). The van der Waals surface area contributed by atoms with Gasteiger partial charge in [-0.15, -0.1) is 11.3 Å². The van der Waals surface area contributed by atoms with Crippen molar-refractivity contribution >= 4 is 17.2 Å². The number of morpholine rings is 1. The van der Waals surface area contributed by atoms with Crippen LogP contribution in [-0.2, 0) is 17.6 Å². The molecule has 0 radical (unpaired) electrons. The fourth-order valence-electron chi connectivity index (χ4n) is 3.44. The molecule has 3 nitrogen and oxygen atoms in total. The van der Waals surface area contributed by atoms with Gasteiger partial charge in [-0.05, 0) is 48.1 Å². The minimum absolute atomic E-state index is 0.113. The fourth-order valence-corrected chi connectivity index (χ4v) is 4.81. The Kier molecular flexibility index (Phi) is 3.95. The first-order valence-corrected chi connectivity index (χ1v) is 9.11. The number of rotatable bonds is 2. The van der Waals surface area contributed by atoms with Crippen LogP contribution >= 0.6 is 11.3 Å². The molecule has 4 heteroatoms. The first-order chi connectivity index (χ1) is 11.2. The third-order valence-electron chi connectivity index (χ3n) is 4.71. The van der Waals surface area contributed by atoms with Crippen LogP contribution in [0.5, 0.6) is 0 Å². The minimum Gasteiger partial charge on any atom is -0.378 e. The van der Waals surface area contributed by atoms with Gasteiger partial charge in [-0.2, -0.15) is 0 Å². The topological polar surface area (TPSA) is 29.5 Å². The maximum atomic E-state index is 12.5. The molecule has 2 heterocycles. The predicted molar refractivity (Wildman–Crippen MR) is 93.0 cm³/mol. The highest BCUT2D eigenvalue weighted by Crippen LogP contribution is 2.38. The summed E-state index contributed by atoms with van der Waals surface area (Å²) in [5.74, 6) is 0.904. The molecule has 1 saturated heterocycles. The van der Waals surface area contributed by atoms with Crippen LogP contribution in [0.1, 0.15) is 27.7 Å². The van der Waals surface area contributed by atoms with Crippen LogP contribution in [-0.4, -0.2) is 37.1 Å². The molecule has 2 aliphatic rings.